The third kappa shape index (κ3) is 2.70. The number of carbonyl (C=O) groups excluding carboxylic acids is 1. The monoisotopic (exact) mass is 290 g/mol. The van der Waals surface area contributed by atoms with Gasteiger partial charge in [-0.1, -0.05) is 35.9 Å². The number of amides is 1. The van der Waals surface area contributed by atoms with Gasteiger partial charge in [-0.25, -0.2) is 0 Å². The molecular formula is C15H15ClN2O2. The molecule has 2 rings (SSSR count). The topological polar surface area (TPSA) is 75.3 Å². The first-order chi connectivity index (χ1) is 9.43. The van der Waals surface area contributed by atoms with Crippen LogP contribution in [0.1, 0.15) is 12.5 Å². The van der Waals surface area contributed by atoms with Gasteiger partial charge in [-0.15, -0.1) is 0 Å². The predicted molar refractivity (Wildman–Crippen MR) is 79.7 cm³/mol. The molecule has 0 aromatic heterocycles. The highest BCUT2D eigenvalue weighted by molar-refractivity contribution is 6.33. The maximum Gasteiger partial charge on any atom is 0.247 e. The van der Waals surface area contributed by atoms with Crippen LogP contribution in [0.3, 0.4) is 0 Å². The number of benzene rings is 2. The molecule has 2 aromatic rings. The Kier molecular flexibility index (Phi) is 3.86. The van der Waals surface area contributed by atoms with E-state index in [4.69, 9.17) is 17.3 Å². The molecule has 0 bridgehead atoms. The Hall–Kier alpha value is -2.20. The van der Waals surface area contributed by atoms with Gasteiger partial charge in [-0.2, -0.15) is 0 Å². The van der Waals surface area contributed by atoms with Crippen LogP contribution in [0.15, 0.2) is 48.5 Å². The molecular weight excluding hydrogens is 276 g/mol. The van der Waals surface area contributed by atoms with Gasteiger partial charge in [0.15, 0.2) is 0 Å². The quantitative estimate of drug-likeness (QED) is 0.810. The van der Waals surface area contributed by atoms with Gasteiger partial charge in [0.1, 0.15) is 11.3 Å². The lowest BCUT2D eigenvalue weighted by molar-refractivity contribution is -0.122. The van der Waals surface area contributed by atoms with E-state index in [0.717, 1.165) is 0 Å². The van der Waals surface area contributed by atoms with E-state index >= 15 is 0 Å². The largest absolute Gasteiger partial charge is 0.508 e. The average Bonchev–Trinajstić information content (AvgIpc) is 2.41. The number of phenolic OH excluding ortho intramolecular Hbond substituents is 1. The normalized spacial score (nSPS) is 13.5. The minimum absolute atomic E-state index is 0.0657. The third-order valence-corrected chi connectivity index (χ3v) is 3.50. The van der Waals surface area contributed by atoms with E-state index in [1.165, 1.54) is 12.1 Å². The van der Waals surface area contributed by atoms with E-state index in [1.807, 2.05) is 0 Å². The molecule has 2 aromatic carbocycles. The van der Waals surface area contributed by atoms with Gasteiger partial charge in [-0.05, 0) is 36.8 Å². The SMILES string of the molecule is CC(Nc1ccccc1Cl)(C(N)=O)c1cccc(O)c1. The third-order valence-electron chi connectivity index (χ3n) is 3.17. The first kappa shape index (κ1) is 14.2. The summed E-state index contributed by atoms with van der Waals surface area (Å²) < 4.78 is 0. The molecule has 1 atom stereocenters. The first-order valence-corrected chi connectivity index (χ1v) is 6.43. The molecule has 0 heterocycles. The minimum Gasteiger partial charge on any atom is -0.508 e. The van der Waals surface area contributed by atoms with E-state index in [2.05, 4.69) is 5.32 Å². The fraction of sp³-hybridized carbons (Fsp3) is 0.133. The van der Waals surface area contributed by atoms with Crippen LogP contribution in [0.25, 0.3) is 0 Å². The van der Waals surface area contributed by atoms with Crippen LogP contribution < -0.4 is 11.1 Å². The summed E-state index contributed by atoms with van der Waals surface area (Å²) in [5.41, 5.74) is 5.50. The van der Waals surface area contributed by atoms with Crippen LogP contribution in [0.2, 0.25) is 5.02 Å². The minimum atomic E-state index is -1.18. The van der Waals surface area contributed by atoms with E-state index in [9.17, 15) is 9.90 Å². The smallest absolute Gasteiger partial charge is 0.247 e. The van der Waals surface area contributed by atoms with E-state index in [-0.39, 0.29) is 5.75 Å². The number of aromatic hydroxyl groups is 1. The molecule has 1 unspecified atom stereocenters. The molecule has 0 aliphatic heterocycles. The number of hydrogen-bond donors (Lipinski definition) is 3. The van der Waals surface area contributed by atoms with E-state index in [0.29, 0.717) is 16.3 Å². The second kappa shape index (κ2) is 5.43. The molecule has 5 heteroatoms. The van der Waals surface area contributed by atoms with Gasteiger partial charge >= 0.3 is 0 Å². The summed E-state index contributed by atoms with van der Waals surface area (Å²) in [5, 5.41) is 13.1. The van der Waals surface area contributed by atoms with Gasteiger partial charge in [0, 0.05) is 0 Å². The molecule has 104 valence electrons. The van der Waals surface area contributed by atoms with Crippen molar-refractivity contribution in [2.45, 2.75) is 12.5 Å². The Bertz CT molecular complexity index is 645. The van der Waals surface area contributed by atoms with Crippen LogP contribution in [0.5, 0.6) is 5.75 Å². The van der Waals surface area contributed by atoms with Gasteiger partial charge < -0.3 is 16.2 Å². The van der Waals surface area contributed by atoms with Crippen molar-refractivity contribution in [3.8, 4) is 5.75 Å². The van der Waals surface area contributed by atoms with Gasteiger partial charge in [0.05, 0.1) is 10.7 Å². The lowest BCUT2D eigenvalue weighted by atomic mass is 9.90. The number of hydrogen-bond acceptors (Lipinski definition) is 3. The molecule has 0 aliphatic carbocycles. The highest BCUT2D eigenvalue weighted by Crippen LogP contribution is 2.31. The lowest BCUT2D eigenvalue weighted by Crippen LogP contribution is -2.45. The molecule has 0 fully saturated rings. The maximum atomic E-state index is 11.9. The Labute approximate surface area is 122 Å². The Morgan fingerprint density at radius 1 is 1.25 bits per heavy atom. The number of para-hydroxylation sites is 1. The molecule has 0 aliphatic rings. The summed E-state index contributed by atoms with van der Waals surface area (Å²) >= 11 is 6.09. The van der Waals surface area contributed by atoms with Crippen molar-refractivity contribution in [1.29, 1.82) is 0 Å². The van der Waals surface area contributed by atoms with Gasteiger partial charge in [0.2, 0.25) is 5.91 Å². The highest BCUT2D eigenvalue weighted by Gasteiger charge is 2.33. The summed E-state index contributed by atoms with van der Waals surface area (Å²) in [6.45, 7) is 1.65. The standard InChI is InChI=1S/C15H15ClN2O2/c1-15(14(17)20,10-5-4-6-11(19)9-10)18-13-8-3-2-7-12(13)16/h2-9,18-19H,1H3,(H2,17,20). The predicted octanol–water partition coefficient (Wildman–Crippen LogP) is 2.86. The molecule has 0 spiro atoms. The number of primary amides is 1. The molecule has 0 saturated carbocycles. The molecule has 0 saturated heterocycles. The number of rotatable bonds is 4. The zero-order valence-corrected chi connectivity index (χ0v) is 11.7. The van der Waals surface area contributed by atoms with Crippen molar-refractivity contribution in [2.24, 2.45) is 5.73 Å². The van der Waals surface area contributed by atoms with Crippen LogP contribution in [-0.2, 0) is 10.3 Å². The van der Waals surface area contributed by atoms with Crippen LogP contribution in [0.4, 0.5) is 5.69 Å². The van der Waals surface area contributed by atoms with Crippen LogP contribution in [-0.4, -0.2) is 11.0 Å². The number of nitrogens with one attached hydrogen (secondary N) is 1. The van der Waals surface area contributed by atoms with Crippen molar-refractivity contribution in [3.05, 3.63) is 59.1 Å². The fourth-order valence-electron chi connectivity index (χ4n) is 1.92. The Morgan fingerprint density at radius 3 is 2.55 bits per heavy atom. The molecule has 20 heavy (non-hydrogen) atoms. The number of nitrogens with two attached hydrogens (primary N) is 1. The molecule has 1 amide bonds. The average molecular weight is 291 g/mol. The maximum absolute atomic E-state index is 11.9. The second-order valence-electron chi connectivity index (χ2n) is 4.64. The van der Waals surface area contributed by atoms with Crippen molar-refractivity contribution < 1.29 is 9.90 Å². The lowest BCUT2D eigenvalue weighted by Gasteiger charge is -2.29. The number of anilines is 1. The van der Waals surface area contributed by atoms with Gasteiger partial charge in [-0.3, -0.25) is 4.79 Å². The summed E-state index contributed by atoms with van der Waals surface area (Å²) in [6, 6.07) is 13.5. The molecule has 4 N–H and O–H groups in total. The fourth-order valence-corrected chi connectivity index (χ4v) is 2.11. The number of carbonyl (C=O) groups is 1. The van der Waals surface area contributed by atoms with Crippen LogP contribution in [0, 0.1) is 0 Å². The molecule has 0 radical (unpaired) electrons. The highest BCUT2D eigenvalue weighted by atomic mass is 35.5. The zero-order valence-electron chi connectivity index (χ0n) is 10.9. The van der Waals surface area contributed by atoms with Crippen molar-refractivity contribution >= 4 is 23.2 Å². The van der Waals surface area contributed by atoms with Crippen molar-refractivity contribution in [1.82, 2.24) is 0 Å². The Morgan fingerprint density at radius 2 is 1.95 bits per heavy atom. The second-order valence-corrected chi connectivity index (χ2v) is 5.05. The summed E-state index contributed by atoms with van der Waals surface area (Å²) in [6.07, 6.45) is 0. The van der Waals surface area contributed by atoms with Crippen molar-refractivity contribution in [2.75, 3.05) is 5.32 Å². The van der Waals surface area contributed by atoms with Crippen molar-refractivity contribution in [3.63, 3.8) is 0 Å². The Balaban J connectivity index is 2.46. The number of halogens is 1. The zero-order chi connectivity index (χ0) is 14.8. The molecule has 4 nitrogen and oxygen atoms in total. The van der Waals surface area contributed by atoms with Gasteiger partial charge in [0.25, 0.3) is 0 Å². The van der Waals surface area contributed by atoms with E-state index in [1.54, 1.807) is 43.3 Å². The van der Waals surface area contributed by atoms with E-state index < -0.39 is 11.4 Å². The van der Waals surface area contributed by atoms with Crippen LogP contribution >= 0.6 is 11.6 Å². The summed E-state index contributed by atoms with van der Waals surface area (Å²) in [4.78, 5) is 11.9. The first-order valence-electron chi connectivity index (χ1n) is 6.05. The number of phenols is 1. The summed E-state index contributed by atoms with van der Waals surface area (Å²) in [7, 11) is 0. The summed E-state index contributed by atoms with van der Waals surface area (Å²) in [5.74, 6) is -0.501.